The Morgan fingerprint density at radius 1 is 1.03 bits per heavy atom. The van der Waals surface area contributed by atoms with Crippen LogP contribution in [0, 0.1) is 5.82 Å². The molecule has 0 spiro atoms. The highest BCUT2D eigenvalue weighted by Crippen LogP contribution is 2.27. The Kier molecular flexibility index (Phi) is 10.2. The molecule has 4 N–H and O–H groups in total. The molecular formula is C29H40FN5O. The van der Waals surface area contributed by atoms with E-state index in [0.717, 1.165) is 67.1 Å². The molecule has 7 heteroatoms. The van der Waals surface area contributed by atoms with Crippen LogP contribution < -0.4 is 16.2 Å². The van der Waals surface area contributed by atoms with E-state index in [2.05, 4.69) is 46.3 Å². The Balaban J connectivity index is 0.000000200. The van der Waals surface area contributed by atoms with Crippen LogP contribution >= 0.6 is 0 Å². The maximum atomic E-state index is 12.5. The predicted molar refractivity (Wildman–Crippen MR) is 145 cm³/mol. The lowest BCUT2D eigenvalue weighted by molar-refractivity contribution is 0.0838. The number of anilines is 1. The molecule has 6 nitrogen and oxygen atoms in total. The monoisotopic (exact) mass is 493 g/mol. The van der Waals surface area contributed by atoms with Crippen LogP contribution in [0.15, 0.2) is 54.7 Å². The Bertz CT molecular complexity index is 1070. The number of hydrogen-bond acceptors (Lipinski definition) is 5. The molecule has 0 bridgehead atoms. The second kappa shape index (κ2) is 14.0. The Morgan fingerprint density at radius 3 is 2.56 bits per heavy atom. The topological polar surface area (TPSA) is 74.0 Å². The van der Waals surface area contributed by atoms with Crippen molar-refractivity contribution in [3.8, 4) is 0 Å². The summed E-state index contributed by atoms with van der Waals surface area (Å²) < 4.78 is 17.9. The van der Waals surface area contributed by atoms with Gasteiger partial charge in [-0.1, -0.05) is 44.4 Å². The molecule has 36 heavy (non-hydrogen) atoms. The zero-order valence-corrected chi connectivity index (χ0v) is 21.4. The first-order valence-electron chi connectivity index (χ1n) is 13.4. The molecule has 1 aliphatic carbocycles. The standard InChI is InChI=1S/C18H26N4O.C11H14FN/c1-2-4-14(5-3-1)21-22-15-6-7-16-17(12-15)20-18(19-16)13-8-10-23-11-9-13;1-2-3-8-13-9-10-4-6-11(12)7-5-10/h6-7,12-14,21-22H,1-5,8-11H2,(H,19,20);3-8,13H,2,9H2,1H3/b;8-3+. The van der Waals surface area contributed by atoms with Gasteiger partial charge in [-0.05, 0) is 74.2 Å². The first-order chi connectivity index (χ1) is 17.7. The molecule has 5 rings (SSSR count). The predicted octanol–water partition coefficient (Wildman–Crippen LogP) is 6.55. The summed E-state index contributed by atoms with van der Waals surface area (Å²) in [5, 5.41) is 3.12. The van der Waals surface area contributed by atoms with E-state index in [-0.39, 0.29) is 5.82 Å². The molecule has 3 aromatic rings. The van der Waals surface area contributed by atoms with Gasteiger partial charge in [0.05, 0.1) is 16.7 Å². The first kappa shape index (κ1) is 26.2. The number of ether oxygens (including phenoxy) is 1. The molecule has 0 radical (unpaired) electrons. The second-order valence-corrected chi connectivity index (χ2v) is 9.66. The van der Waals surface area contributed by atoms with Crippen LogP contribution in [0.3, 0.4) is 0 Å². The summed E-state index contributed by atoms with van der Waals surface area (Å²) in [5.41, 5.74) is 11.2. The first-order valence-corrected chi connectivity index (χ1v) is 13.4. The minimum absolute atomic E-state index is 0.187. The highest BCUT2D eigenvalue weighted by Gasteiger charge is 2.19. The summed E-state index contributed by atoms with van der Waals surface area (Å²) in [4.78, 5) is 8.28. The minimum Gasteiger partial charge on any atom is -0.387 e. The Hall–Kier alpha value is -2.90. The van der Waals surface area contributed by atoms with Gasteiger partial charge in [0.1, 0.15) is 11.6 Å². The molecule has 194 valence electrons. The molecule has 1 aliphatic heterocycles. The average molecular weight is 494 g/mol. The van der Waals surface area contributed by atoms with Crippen LogP contribution in [0.25, 0.3) is 11.0 Å². The van der Waals surface area contributed by atoms with Gasteiger partial charge in [0.2, 0.25) is 0 Å². The largest absolute Gasteiger partial charge is 0.387 e. The number of hydrogen-bond donors (Lipinski definition) is 4. The summed E-state index contributed by atoms with van der Waals surface area (Å²) in [6, 6.07) is 13.5. The number of aromatic nitrogens is 2. The fraction of sp³-hybridized carbons (Fsp3) is 0.483. The number of nitrogens with one attached hydrogen (secondary N) is 4. The highest BCUT2D eigenvalue weighted by molar-refractivity contribution is 5.79. The van der Waals surface area contributed by atoms with E-state index in [0.29, 0.717) is 12.0 Å². The molecule has 1 saturated heterocycles. The molecule has 0 atom stereocenters. The van der Waals surface area contributed by atoms with E-state index in [4.69, 9.17) is 9.72 Å². The van der Waals surface area contributed by atoms with Crippen LogP contribution in [-0.2, 0) is 11.3 Å². The molecule has 2 aromatic carbocycles. The van der Waals surface area contributed by atoms with E-state index in [1.54, 1.807) is 12.1 Å². The average Bonchev–Trinajstić information content (AvgIpc) is 3.36. The molecule has 0 amide bonds. The van der Waals surface area contributed by atoms with Gasteiger partial charge in [-0.3, -0.25) is 0 Å². The number of rotatable bonds is 8. The molecule has 2 fully saturated rings. The minimum atomic E-state index is -0.187. The quantitative estimate of drug-likeness (QED) is 0.268. The van der Waals surface area contributed by atoms with Gasteiger partial charge in [-0.25, -0.2) is 14.8 Å². The van der Waals surface area contributed by atoms with Crippen molar-refractivity contribution in [1.82, 2.24) is 20.7 Å². The van der Waals surface area contributed by atoms with E-state index in [1.165, 1.54) is 44.2 Å². The fourth-order valence-electron chi connectivity index (χ4n) is 4.68. The number of halogens is 1. The summed E-state index contributed by atoms with van der Waals surface area (Å²) in [6.07, 6.45) is 13.7. The highest BCUT2D eigenvalue weighted by atomic mass is 19.1. The number of allylic oxidation sites excluding steroid dienone is 1. The van der Waals surface area contributed by atoms with Crippen molar-refractivity contribution in [2.75, 3.05) is 18.6 Å². The van der Waals surface area contributed by atoms with E-state index in [9.17, 15) is 4.39 Å². The lowest BCUT2D eigenvalue weighted by Gasteiger charge is -2.23. The van der Waals surface area contributed by atoms with Gasteiger partial charge in [-0.2, -0.15) is 0 Å². The fourth-order valence-corrected chi connectivity index (χ4v) is 4.68. The summed E-state index contributed by atoms with van der Waals surface area (Å²) >= 11 is 0. The number of H-pyrrole nitrogens is 1. The molecule has 2 aliphatic rings. The molecule has 2 heterocycles. The molecular weight excluding hydrogens is 453 g/mol. The number of fused-ring (bicyclic) bond motifs is 1. The van der Waals surface area contributed by atoms with Gasteiger partial charge < -0.3 is 20.5 Å². The zero-order valence-electron chi connectivity index (χ0n) is 21.4. The normalized spacial score (nSPS) is 17.2. The van der Waals surface area contributed by atoms with Crippen LogP contribution in [-0.4, -0.2) is 29.2 Å². The zero-order chi connectivity index (χ0) is 25.0. The van der Waals surface area contributed by atoms with Crippen molar-refractivity contribution in [1.29, 1.82) is 0 Å². The summed E-state index contributed by atoms with van der Waals surface area (Å²) in [6.45, 7) is 4.52. The van der Waals surface area contributed by atoms with Gasteiger partial charge in [0, 0.05) is 31.7 Å². The van der Waals surface area contributed by atoms with Crippen molar-refractivity contribution in [2.24, 2.45) is 0 Å². The van der Waals surface area contributed by atoms with Crippen molar-refractivity contribution < 1.29 is 9.13 Å². The molecule has 0 unspecified atom stereocenters. The van der Waals surface area contributed by atoms with E-state index >= 15 is 0 Å². The lowest BCUT2D eigenvalue weighted by Crippen LogP contribution is -2.35. The lowest BCUT2D eigenvalue weighted by atomic mass is 9.96. The number of benzene rings is 2. The molecule has 1 aromatic heterocycles. The SMILES string of the molecule is CC/C=C/NCc1ccc(F)cc1.c1cc2nc(C3CCOCC3)[nH]c2cc1NNC1CCCCC1. The molecule has 1 saturated carbocycles. The van der Waals surface area contributed by atoms with Crippen LogP contribution in [0.1, 0.15) is 75.6 Å². The van der Waals surface area contributed by atoms with Crippen molar-refractivity contribution in [3.05, 3.63) is 71.9 Å². The Labute approximate surface area is 214 Å². The maximum absolute atomic E-state index is 12.5. The van der Waals surface area contributed by atoms with E-state index < -0.39 is 0 Å². The van der Waals surface area contributed by atoms with Crippen molar-refractivity contribution in [2.45, 2.75) is 76.8 Å². The number of hydrazine groups is 1. The number of nitrogens with zero attached hydrogens (tertiary/aromatic N) is 1. The van der Waals surface area contributed by atoms with Crippen LogP contribution in [0.4, 0.5) is 10.1 Å². The summed E-state index contributed by atoms with van der Waals surface area (Å²) in [5.74, 6) is 1.43. The summed E-state index contributed by atoms with van der Waals surface area (Å²) in [7, 11) is 0. The number of aromatic amines is 1. The van der Waals surface area contributed by atoms with E-state index in [1.807, 2.05) is 12.3 Å². The Morgan fingerprint density at radius 2 is 1.81 bits per heavy atom. The van der Waals surface area contributed by atoms with Crippen molar-refractivity contribution in [3.63, 3.8) is 0 Å². The van der Waals surface area contributed by atoms with Gasteiger partial charge in [-0.15, -0.1) is 0 Å². The maximum Gasteiger partial charge on any atom is 0.123 e. The van der Waals surface area contributed by atoms with Gasteiger partial charge >= 0.3 is 0 Å². The smallest absolute Gasteiger partial charge is 0.123 e. The third-order valence-corrected chi connectivity index (χ3v) is 6.82. The van der Waals surface area contributed by atoms with Gasteiger partial charge in [0.25, 0.3) is 0 Å². The number of imidazole rings is 1. The van der Waals surface area contributed by atoms with Crippen LogP contribution in [0.2, 0.25) is 0 Å². The van der Waals surface area contributed by atoms with Gasteiger partial charge in [0.15, 0.2) is 0 Å². The van der Waals surface area contributed by atoms with Crippen molar-refractivity contribution >= 4 is 16.7 Å². The third kappa shape index (κ3) is 8.07. The third-order valence-electron chi connectivity index (χ3n) is 6.82. The second-order valence-electron chi connectivity index (χ2n) is 9.66. The van der Waals surface area contributed by atoms with Crippen LogP contribution in [0.5, 0.6) is 0 Å².